The minimum Gasteiger partial charge on any atom is -0.468 e. The highest BCUT2D eigenvalue weighted by Crippen LogP contribution is 2.49. The second-order valence-corrected chi connectivity index (χ2v) is 8.33. The molecule has 4 atom stereocenters. The molecule has 0 saturated carbocycles. The lowest BCUT2D eigenvalue weighted by Crippen LogP contribution is -2.53. The molecule has 0 spiro atoms. The van der Waals surface area contributed by atoms with Gasteiger partial charge >= 0.3 is 5.97 Å². The zero-order valence-corrected chi connectivity index (χ0v) is 17.0. The summed E-state index contributed by atoms with van der Waals surface area (Å²) in [5.41, 5.74) is -0.325. The smallest absolute Gasteiger partial charge is 0.326 e. The predicted octanol–water partition coefficient (Wildman–Crippen LogP) is 2.39. The average Bonchev–Trinajstić information content (AvgIpc) is 3.13. The van der Waals surface area contributed by atoms with E-state index in [9.17, 15) is 14.4 Å². The fourth-order valence-corrected chi connectivity index (χ4v) is 4.96. The number of amides is 2. The van der Waals surface area contributed by atoms with Crippen LogP contribution in [0.3, 0.4) is 0 Å². The summed E-state index contributed by atoms with van der Waals surface area (Å²) >= 11 is 1.78. The number of ether oxygens (including phenoxy) is 1. The summed E-state index contributed by atoms with van der Waals surface area (Å²) in [5, 5.41) is 3.25. The number of hydrogen-bond acceptors (Lipinski definition) is 6. The maximum absolute atomic E-state index is 12.9. The number of rotatable bonds is 6. The van der Waals surface area contributed by atoms with E-state index in [1.54, 1.807) is 25.6 Å². The van der Waals surface area contributed by atoms with Crippen molar-refractivity contribution >= 4 is 29.5 Å². The molecule has 0 radical (unpaired) electrons. The van der Waals surface area contributed by atoms with Crippen molar-refractivity contribution in [3.8, 4) is 0 Å². The molecule has 2 amide bonds. The first-order valence-corrected chi connectivity index (χ1v) is 10.3. The Kier molecular flexibility index (Phi) is 5.63. The van der Waals surface area contributed by atoms with Gasteiger partial charge in [0.25, 0.3) is 0 Å². The number of esters is 1. The standard InChI is InChI=1S/C20H26N2O4S/c1-5-11-27-13-9-7-12(8-10-13)16-14-15(18(24)22(6-2)17(14)23)20(3,21-16)19(25)26-4/h7-10,14-16,21H,5-6,11H2,1-4H3/t14?,15?,16?,20-/m1/s1. The van der Waals surface area contributed by atoms with Gasteiger partial charge in [0, 0.05) is 17.5 Å². The van der Waals surface area contributed by atoms with E-state index in [-0.39, 0.29) is 11.8 Å². The fourth-order valence-electron chi connectivity index (χ4n) is 4.19. The molecule has 2 heterocycles. The number of methoxy groups -OCH3 is 1. The largest absolute Gasteiger partial charge is 0.468 e. The summed E-state index contributed by atoms with van der Waals surface area (Å²) in [5.74, 6) is -1.35. The highest BCUT2D eigenvalue weighted by Gasteiger charge is 2.66. The van der Waals surface area contributed by atoms with Crippen molar-refractivity contribution in [2.24, 2.45) is 11.8 Å². The number of thioether (sulfide) groups is 1. The monoisotopic (exact) mass is 390 g/mol. The van der Waals surface area contributed by atoms with Crippen LogP contribution in [0.25, 0.3) is 0 Å². The van der Waals surface area contributed by atoms with Crippen LogP contribution >= 0.6 is 11.8 Å². The molecule has 2 fully saturated rings. The van der Waals surface area contributed by atoms with Gasteiger partial charge in [0.2, 0.25) is 11.8 Å². The van der Waals surface area contributed by atoms with Gasteiger partial charge in [-0.1, -0.05) is 19.1 Å². The summed E-state index contributed by atoms with van der Waals surface area (Å²) in [6.07, 6.45) is 1.10. The van der Waals surface area contributed by atoms with Crippen molar-refractivity contribution in [1.82, 2.24) is 10.2 Å². The minimum absolute atomic E-state index is 0.220. The van der Waals surface area contributed by atoms with E-state index in [1.807, 2.05) is 24.3 Å². The number of imide groups is 1. The van der Waals surface area contributed by atoms with Crippen LogP contribution in [0.1, 0.15) is 38.8 Å². The van der Waals surface area contributed by atoms with E-state index >= 15 is 0 Å². The lowest BCUT2D eigenvalue weighted by Gasteiger charge is -2.28. The number of nitrogens with zero attached hydrogens (tertiary/aromatic N) is 1. The number of benzene rings is 1. The highest BCUT2D eigenvalue weighted by molar-refractivity contribution is 7.99. The van der Waals surface area contributed by atoms with Crippen LogP contribution in [-0.4, -0.2) is 47.6 Å². The van der Waals surface area contributed by atoms with Crippen LogP contribution in [0.5, 0.6) is 0 Å². The van der Waals surface area contributed by atoms with Crippen LogP contribution in [0.2, 0.25) is 0 Å². The maximum Gasteiger partial charge on any atom is 0.326 e. The Hall–Kier alpha value is -1.86. The molecule has 146 valence electrons. The van der Waals surface area contributed by atoms with Crippen LogP contribution in [-0.2, 0) is 19.1 Å². The van der Waals surface area contributed by atoms with Crippen molar-refractivity contribution in [1.29, 1.82) is 0 Å². The van der Waals surface area contributed by atoms with Gasteiger partial charge in [-0.05, 0) is 43.7 Å². The molecule has 7 heteroatoms. The predicted molar refractivity (Wildman–Crippen MR) is 103 cm³/mol. The quantitative estimate of drug-likeness (QED) is 0.457. The van der Waals surface area contributed by atoms with Crippen molar-refractivity contribution in [3.05, 3.63) is 29.8 Å². The Morgan fingerprint density at radius 3 is 2.44 bits per heavy atom. The van der Waals surface area contributed by atoms with E-state index in [0.29, 0.717) is 6.54 Å². The highest BCUT2D eigenvalue weighted by atomic mass is 32.2. The van der Waals surface area contributed by atoms with Crippen LogP contribution in [0.4, 0.5) is 0 Å². The normalized spacial score (nSPS) is 29.9. The zero-order valence-electron chi connectivity index (χ0n) is 16.2. The summed E-state index contributed by atoms with van der Waals surface area (Å²) in [4.78, 5) is 40.7. The topological polar surface area (TPSA) is 75.7 Å². The summed E-state index contributed by atoms with van der Waals surface area (Å²) in [6, 6.07) is 7.60. The van der Waals surface area contributed by atoms with Crippen LogP contribution < -0.4 is 5.32 Å². The Morgan fingerprint density at radius 2 is 1.89 bits per heavy atom. The van der Waals surface area contributed by atoms with Gasteiger partial charge in [-0.3, -0.25) is 24.6 Å². The molecule has 2 aliphatic heterocycles. The van der Waals surface area contributed by atoms with Gasteiger partial charge in [-0.25, -0.2) is 0 Å². The van der Waals surface area contributed by atoms with Gasteiger partial charge in [-0.2, -0.15) is 0 Å². The molecule has 2 aliphatic rings. The van der Waals surface area contributed by atoms with E-state index < -0.39 is 29.4 Å². The fraction of sp³-hybridized carbons (Fsp3) is 0.550. The third-order valence-electron chi connectivity index (χ3n) is 5.52. The molecule has 6 nitrogen and oxygen atoms in total. The van der Waals surface area contributed by atoms with Gasteiger partial charge < -0.3 is 4.74 Å². The number of hydrogen-bond donors (Lipinski definition) is 1. The van der Waals surface area contributed by atoms with E-state index in [2.05, 4.69) is 12.2 Å². The Balaban J connectivity index is 1.97. The van der Waals surface area contributed by atoms with Crippen LogP contribution in [0, 0.1) is 11.8 Å². The molecular formula is C20H26N2O4S. The van der Waals surface area contributed by atoms with Crippen molar-refractivity contribution in [2.45, 2.75) is 43.7 Å². The van der Waals surface area contributed by atoms with Crippen molar-refractivity contribution in [2.75, 3.05) is 19.4 Å². The third-order valence-corrected chi connectivity index (χ3v) is 6.73. The number of likely N-dealkylation sites (tertiary alicyclic amines) is 1. The number of carbonyl (C=O) groups excluding carboxylic acids is 3. The maximum atomic E-state index is 12.9. The molecule has 3 rings (SSSR count). The first kappa shape index (κ1) is 19.9. The summed E-state index contributed by atoms with van der Waals surface area (Å²) < 4.78 is 4.96. The molecule has 0 aliphatic carbocycles. The van der Waals surface area contributed by atoms with Crippen LogP contribution in [0.15, 0.2) is 29.2 Å². The molecule has 1 aromatic rings. The lowest BCUT2D eigenvalue weighted by atomic mass is 9.80. The Bertz CT molecular complexity index is 751. The first-order valence-electron chi connectivity index (χ1n) is 9.33. The molecule has 1 aromatic carbocycles. The second kappa shape index (κ2) is 7.64. The lowest BCUT2D eigenvalue weighted by molar-refractivity contribution is -0.153. The number of fused-ring (bicyclic) bond motifs is 1. The molecule has 27 heavy (non-hydrogen) atoms. The number of nitrogens with one attached hydrogen (secondary N) is 1. The van der Waals surface area contributed by atoms with Crippen molar-refractivity contribution < 1.29 is 19.1 Å². The summed E-state index contributed by atoms with van der Waals surface area (Å²) in [7, 11) is 1.30. The first-order chi connectivity index (χ1) is 12.9. The van der Waals surface area contributed by atoms with E-state index in [4.69, 9.17) is 4.74 Å². The number of carbonyl (C=O) groups is 3. The zero-order chi connectivity index (χ0) is 19.8. The van der Waals surface area contributed by atoms with Gasteiger partial charge in [-0.15, -0.1) is 11.8 Å². The van der Waals surface area contributed by atoms with Gasteiger partial charge in [0.1, 0.15) is 5.54 Å². The second-order valence-electron chi connectivity index (χ2n) is 7.16. The Morgan fingerprint density at radius 1 is 1.22 bits per heavy atom. The van der Waals surface area contributed by atoms with Gasteiger partial charge in [0.15, 0.2) is 0 Å². The van der Waals surface area contributed by atoms with Crippen molar-refractivity contribution in [3.63, 3.8) is 0 Å². The SMILES string of the molecule is CCCSc1ccc(C2N[C@@](C)(C(=O)OC)C3C(=O)N(CC)C(=O)C23)cc1. The van der Waals surface area contributed by atoms with Gasteiger partial charge in [0.05, 0.1) is 18.9 Å². The molecule has 0 aromatic heterocycles. The molecular weight excluding hydrogens is 364 g/mol. The van der Waals surface area contributed by atoms with E-state index in [0.717, 1.165) is 22.6 Å². The summed E-state index contributed by atoms with van der Waals surface area (Å²) in [6.45, 7) is 5.88. The molecule has 2 saturated heterocycles. The minimum atomic E-state index is -1.23. The third kappa shape index (κ3) is 3.17. The molecule has 1 N–H and O–H groups in total. The average molecular weight is 391 g/mol. The molecule has 3 unspecified atom stereocenters. The molecule has 0 bridgehead atoms. The Labute approximate surface area is 164 Å². The van der Waals surface area contributed by atoms with E-state index in [1.165, 1.54) is 12.0 Å².